The van der Waals surface area contributed by atoms with E-state index in [2.05, 4.69) is 21.0 Å². The molecular weight excluding hydrogens is 262 g/mol. The number of para-hydroxylation sites is 1. The van der Waals surface area contributed by atoms with Gasteiger partial charge in [0.2, 0.25) is 0 Å². The van der Waals surface area contributed by atoms with Crippen molar-refractivity contribution in [1.82, 2.24) is 15.0 Å². The van der Waals surface area contributed by atoms with Crippen molar-refractivity contribution in [2.24, 2.45) is 0 Å². The third-order valence-corrected chi connectivity index (χ3v) is 3.11. The predicted octanol–water partition coefficient (Wildman–Crippen LogP) is 3.08. The van der Waals surface area contributed by atoms with Crippen LogP contribution in [0, 0.1) is 11.3 Å². The van der Waals surface area contributed by atoms with E-state index in [9.17, 15) is 0 Å². The molecule has 5 heteroatoms. The van der Waals surface area contributed by atoms with Crippen molar-refractivity contribution in [3.63, 3.8) is 0 Å². The van der Waals surface area contributed by atoms with E-state index in [0.717, 1.165) is 17.0 Å². The maximum absolute atomic E-state index is 8.86. The van der Waals surface area contributed by atoms with Crippen LogP contribution in [-0.4, -0.2) is 21.5 Å². The molecule has 2 aromatic heterocycles. The van der Waals surface area contributed by atoms with Crippen molar-refractivity contribution in [2.45, 2.75) is 6.42 Å². The molecule has 102 valence electrons. The molecule has 0 saturated heterocycles. The SMILES string of the molecule is N#CCCN(c1ccccc1)c1ccc2nccnc2n1. The Hall–Kier alpha value is -3.00. The average molecular weight is 275 g/mol. The molecular formula is C16H13N5. The highest BCUT2D eigenvalue weighted by Crippen LogP contribution is 2.24. The van der Waals surface area contributed by atoms with Gasteiger partial charge in [0.05, 0.1) is 12.5 Å². The first-order chi connectivity index (χ1) is 10.4. The number of fused-ring (bicyclic) bond motifs is 1. The Morgan fingerprint density at radius 3 is 2.62 bits per heavy atom. The van der Waals surface area contributed by atoms with E-state index in [4.69, 9.17) is 5.26 Å². The summed E-state index contributed by atoms with van der Waals surface area (Å²) in [4.78, 5) is 15.0. The van der Waals surface area contributed by atoms with Crippen LogP contribution in [0.25, 0.3) is 11.2 Å². The quantitative estimate of drug-likeness (QED) is 0.732. The molecule has 0 unspecified atom stereocenters. The van der Waals surface area contributed by atoms with Gasteiger partial charge in [-0.05, 0) is 24.3 Å². The van der Waals surface area contributed by atoms with Crippen molar-refractivity contribution < 1.29 is 0 Å². The summed E-state index contributed by atoms with van der Waals surface area (Å²) >= 11 is 0. The molecule has 1 aromatic carbocycles. The molecule has 2 heterocycles. The van der Waals surface area contributed by atoms with Gasteiger partial charge in [-0.25, -0.2) is 9.97 Å². The van der Waals surface area contributed by atoms with E-state index in [-0.39, 0.29) is 0 Å². The summed E-state index contributed by atoms with van der Waals surface area (Å²) in [5.41, 5.74) is 2.37. The van der Waals surface area contributed by atoms with Crippen LogP contribution in [-0.2, 0) is 0 Å². The second kappa shape index (κ2) is 5.97. The van der Waals surface area contributed by atoms with Gasteiger partial charge in [0.15, 0.2) is 5.65 Å². The molecule has 0 aliphatic heterocycles. The topological polar surface area (TPSA) is 65.7 Å². The number of anilines is 2. The van der Waals surface area contributed by atoms with Gasteiger partial charge < -0.3 is 4.90 Å². The van der Waals surface area contributed by atoms with Gasteiger partial charge in [0, 0.05) is 24.6 Å². The maximum Gasteiger partial charge on any atom is 0.180 e. The van der Waals surface area contributed by atoms with Gasteiger partial charge >= 0.3 is 0 Å². The van der Waals surface area contributed by atoms with Gasteiger partial charge in [-0.1, -0.05) is 18.2 Å². The monoisotopic (exact) mass is 275 g/mol. The molecule has 0 saturated carbocycles. The number of pyridine rings is 1. The van der Waals surface area contributed by atoms with E-state index < -0.39 is 0 Å². The highest BCUT2D eigenvalue weighted by atomic mass is 15.2. The van der Waals surface area contributed by atoms with Crippen LogP contribution in [0.1, 0.15) is 6.42 Å². The lowest BCUT2D eigenvalue weighted by Gasteiger charge is -2.22. The Balaban J connectivity index is 2.03. The van der Waals surface area contributed by atoms with Crippen molar-refractivity contribution in [3.8, 4) is 6.07 Å². The Morgan fingerprint density at radius 1 is 1.00 bits per heavy atom. The smallest absolute Gasteiger partial charge is 0.180 e. The maximum atomic E-state index is 8.86. The number of benzene rings is 1. The Morgan fingerprint density at radius 2 is 1.81 bits per heavy atom. The summed E-state index contributed by atoms with van der Waals surface area (Å²) in [6.07, 6.45) is 3.70. The highest BCUT2D eigenvalue weighted by molar-refractivity contribution is 5.73. The first-order valence-corrected chi connectivity index (χ1v) is 6.66. The lowest BCUT2D eigenvalue weighted by atomic mass is 10.2. The van der Waals surface area contributed by atoms with Crippen LogP contribution in [0.15, 0.2) is 54.9 Å². The van der Waals surface area contributed by atoms with E-state index in [1.807, 2.05) is 47.4 Å². The molecule has 0 aliphatic rings. The highest BCUT2D eigenvalue weighted by Gasteiger charge is 2.11. The number of nitrogens with zero attached hydrogens (tertiary/aromatic N) is 5. The summed E-state index contributed by atoms with van der Waals surface area (Å²) in [5.74, 6) is 0.768. The van der Waals surface area contributed by atoms with E-state index >= 15 is 0 Å². The number of hydrogen-bond donors (Lipinski definition) is 0. The average Bonchev–Trinajstić information content (AvgIpc) is 2.56. The van der Waals surface area contributed by atoms with Crippen molar-refractivity contribution in [3.05, 3.63) is 54.9 Å². The van der Waals surface area contributed by atoms with Crippen molar-refractivity contribution in [1.29, 1.82) is 5.26 Å². The fraction of sp³-hybridized carbons (Fsp3) is 0.125. The number of nitriles is 1. The zero-order valence-electron chi connectivity index (χ0n) is 11.3. The van der Waals surface area contributed by atoms with E-state index in [1.54, 1.807) is 12.4 Å². The normalized spacial score (nSPS) is 10.2. The summed E-state index contributed by atoms with van der Waals surface area (Å²) in [5, 5.41) is 8.86. The van der Waals surface area contributed by atoms with Crippen LogP contribution < -0.4 is 4.90 Å². The lowest BCUT2D eigenvalue weighted by molar-refractivity contribution is 0.929. The minimum atomic E-state index is 0.426. The second-order valence-electron chi connectivity index (χ2n) is 4.46. The molecule has 0 spiro atoms. The van der Waals surface area contributed by atoms with Crippen LogP contribution in [0.2, 0.25) is 0 Å². The minimum Gasteiger partial charge on any atom is -0.325 e. The number of rotatable bonds is 4. The fourth-order valence-electron chi connectivity index (χ4n) is 2.14. The molecule has 3 rings (SSSR count). The zero-order valence-corrected chi connectivity index (χ0v) is 11.3. The Kier molecular flexibility index (Phi) is 3.70. The second-order valence-corrected chi connectivity index (χ2v) is 4.46. The molecule has 0 aliphatic carbocycles. The van der Waals surface area contributed by atoms with Crippen molar-refractivity contribution >= 4 is 22.7 Å². The summed E-state index contributed by atoms with van der Waals surface area (Å²) in [6, 6.07) is 15.9. The molecule has 0 bridgehead atoms. The molecule has 5 nitrogen and oxygen atoms in total. The third kappa shape index (κ3) is 2.79. The molecule has 0 radical (unpaired) electrons. The molecule has 0 atom stereocenters. The third-order valence-electron chi connectivity index (χ3n) is 3.11. The standard InChI is InChI=1S/C16H13N5/c17-9-4-12-21(13-5-2-1-3-6-13)15-8-7-14-16(20-15)19-11-10-18-14/h1-3,5-8,10-11H,4,12H2. The Bertz CT molecular complexity index is 779. The largest absolute Gasteiger partial charge is 0.325 e. The van der Waals surface area contributed by atoms with E-state index in [0.29, 0.717) is 18.6 Å². The van der Waals surface area contributed by atoms with Crippen LogP contribution in [0.5, 0.6) is 0 Å². The summed E-state index contributed by atoms with van der Waals surface area (Å²) in [7, 11) is 0. The summed E-state index contributed by atoms with van der Waals surface area (Å²) < 4.78 is 0. The van der Waals surface area contributed by atoms with Gasteiger partial charge in [0.1, 0.15) is 11.3 Å². The molecule has 0 amide bonds. The van der Waals surface area contributed by atoms with Crippen LogP contribution in [0.4, 0.5) is 11.5 Å². The molecule has 0 fully saturated rings. The number of aromatic nitrogens is 3. The first kappa shape index (κ1) is 13.0. The lowest BCUT2D eigenvalue weighted by Crippen LogP contribution is -2.19. The molecule has 3 aromatic rings. The van der Waals surface area contributed by atoms with Crippen LogP contribution >= 0.6 is 0 Å². The van der Waals surface area contributed by atoms with Gasteiger partial charge in [-0.15, -0.1) is 0 Å². The van der Waals surface area contributed by atoms with Crippen LogP contribution in [0.3, 0.4) is 0 Å². The molecule has 21 heavy (non-hydrogen) atoms. The minimum absolute atomic E-state index is 0.426. The molecule has 0 N–H and O–H groups in total. The zero-order chi connectivity index (χ0) is 14.5. The number of hydrogen-bond acceptors (Lipinski definition) is 5. The fourth-order valence-corrected chi connectivity index (χ4v) is 2.14. The predicted molar refractivity (Wildman–Crippen MR) is 81.0 cm³/mol. The van der Waals surface area contributed by atoms with Crippen molar-refractivity contribution in [2.75, 3.05) is 11.4 Å². The van der Waals surface area contributed by atoms with Gasteiger partial charge in [-0.2, -0.15) is 5.26 Å². The summed E-state index contributed by atoms with van der Waals surface area (Å²) in [6.45, 7) is 0.583. The van der Waals surface area contributed by atoms with Gasteiger partial charge in [-0.3, -0.25) is 4.98 Å². The Labute approximate surface area is 122 Å². The van der Waals surface area contributed by atoms with Gasteiger partial charge in [0.25, 0.3) is 0 Å². The first-order valence-electron chi connectivity index (χ1n) is 6.66. The van der Waals surface area contributed by atoms with E-state index in [1.165, 1.54) is 0 Å².